The summed E-state index contributed by atoms with van der Waals surface area (Å²) < 4.78 is 0. The number of aromatic hydroxyl groups is 1. The van der Waals surface area contributed by atoms with E-state index in [-0.39, 0.29) is 100 Å². The number of aromatic nitrogens is 3. The molecular weight excluding hydrogens is 1720 g/mol. The number of nitrogens with one attached hydrogen (secondary N) is 21. The van der Waals surface area contributed by atoms with Crippen LogP contribution in [0.5, 0.6) is 5.75 Å². The minimum Gasteiger partial charge on any atom is -0.508 e. The van der Waals surface area contributed by atoms with E-state index in [0.717, 1.165) is 0 Å². The predicted molar refractivity (Wildman–Crippen MR) is 480 cm³/mol. The van der Waals surface area contributed by atoms with Crippen molar-refractivity contribution in [2.45, 2.75) is 239 Å². The molecule has 0 bridgehead atoms. The summed E-state index contributed by atoms with van der Waals surface area (Å²) >= 11 is 0. The third-order valence-corrected chi connectivity index (χ3v) is 21.3. The number of benzene rings is 2. The molecule has 0 aliphatic heterocycles. The van der Waals surface area contributed by atoms with E-state index in [1.807, 2.05) is 13.8 Å². The molecular formula is C85H131N25O22. The second-order valence-electron chi connectivity index (χ2n) is 33.6. The zero-order valence-electron chi connectivity index (χ0n) is 76.2. The average molecular weight is 1860 g/mol. The van der Waals surface area contributed by atoms with Crippen molar-refractivity contribution in [1.82, 2.24) is 105 Å². The number of phenols is 1. The number of aromatic amines is 2. The SMILES string of the molecule is CC[C@H](C)[C@H](NC(=O)[C@H](Cc1ccc(O)cc1)NC(=O)[C@@H](NC(=O)CNC(=O)[C@H](CC(=O)O)NC(=O)[C@H](Cc1c[nH]c2ccccc12)NC(=O)[C@@H](NC(=O)[C@H](Cc1cnc[nH]1)NC(=O)[C@@H](NC(=O)[C@H](CC(=O)O)NC(=O)[C@@H](NC(=O)[C@H](CCCNC(=N)N)NC(=O)CNC(=O)[C@@H](N)CC(C)C)C(C)C)[C@@H](C)CC)C(C)C)C(C)C)C(=O)N[C@@H](CCCNC(=N)N)C(=O)NCC(=O)O. The Hall–Kier alpha value is -14.0. The summed E-state index contributed by atoms with van der Waals surface area (Å²) in [6, 6.07) is -7.77. The van der Waals surface area contributed by atoms with E-state index in [0.29, 0.717) is 28.5 Å². The van der Waals surface area contributed by atoms with E-state index in [1.54, 1.807) is 52.0 Å². The zero-order valence-corrected chi connectivity index (χ0v) is 76.2. The van der Waals surface area contributed by atoms with E-state index >= 15 is 0 Å². The number of hydrogen-bond acceptors (Lipinski definition) is 23. The summed E-state index contributed by atoms with van der Waals surface area (Å²) in [5, 5.41) is 97.8. The molecule has 0 spiro atoms. The molecule has 0 saturated carbocycles. The van der Waals surface area contributed by atoms with E-state index < -0.39 is 247 Å². The largest absolute Gasteiger partial charge is 0.508 e. The summed E-state index contributed by atoms with van der Waals surface area (Å²) in [6.45, 7) is 17.2. The fourth-order valence-corrected chi connectivity index (χ4v) is 13.6. The monoisotopic (exact) mass is 1850 g/mol. The van der Waals surface area contributed by atoms with Crippen molar-refractivity contribution in [3.05, 3.63) is 84.1 Å². The highest BCUT2D eigenvalue weighted by atomic mass is 16.4. The molecule has 15 atom stereocenters. The fraction of sp³-hybridized carbons (Fsp3) is 0.565. The molecule has 2 aromatic heterocycles. The number of imidazole rings is 1. The second-order valence-corrected chi connectivity index (χ2v) is 33.6. The molecule has 132 heavy (non-hydrogen) atoms. The highest BCUT2D eigenvalue weighted by Gasteiger charge is 2.41. The van der Waals surface area contributed by atoms with Crippen LogP contribution in [0.25, 0.3) is 10.9 Å². The first-order chi connectivity index (χ1) is 62.1. The number of carboxylic acid groups (broad SMARTS) is 3. The van der Waals surface area contributed by atoms with E-state index in [4.69, 9.17) is 28.0 Å². The quantitative estimate of drug-likeness (QED) is 0.0113. The van der Waals surface area contributed by atoms with Crippen LogP contribution in [0, 0.1) is 46.3 Å². The van der Waals surface area contributed by atoms with Crippen LogP contribution in [-0.2, 0) is 106 Å². The average Bonchev–Trinajstić information content (AvgIpc) is 1.71. The number of para-hydroxylation sites is 1. The van der Waals surface area contributed by atoms with E-state index in [2.05, 4.69) is 105 Å². The van der Waals surface area contributed by atoms with Crippen LogP contribution in [0.4, 0.5) is 0 Å². The molecule has 728 valence electrons. The number of hydrogen-bond donors (Lipinski definition) is 28. The molecule has 0 radical (unpaired) electrons. The Morgan fingerprint density at radius 2 is 0.795 bits per heavy atom. The fourth-order valence-electron chi connectivity index (χ4n) is 13.6. The maximum atomic E-state index is 15.0. The Kier molecular flexibility index (Phi) is 46.0. The normalized spacial score (nSPS) is 14.6. The molecule has 0 aliphatic carbocycles. The maximum Gasteiger partial charge on any atom is 0.322 e. The minimum atomic E-state index is -2.00. The van der Waals surface area contributed by atoms with Crippen molar-refractivity contribution in [2.75, 3.05) is 32.7 Å². The summed E-state index contributed by atoms with van der Waals surface area (Å²) in [4.78, 5) is 259. The molecule has 0 saturated heterocycles. The maximum absolute atomic E-state index is 15.0. The molecule has 4 aromatic rings. The van der Waals surface area contributed by atoms with Gasteiger partial charge in [-0.3, -0.25) is 97.1 Å². The number of aliphatic carboxylic acids is 3. The number of nitrogens with zero attached hydrogens (tertiary/aromatic N) is 1. The summed E-state index contributed by atoms with van der Waals surface area (Å²) in [6.07, 6.45) is 1.77. The lowest BCUT2D eigenvalue weighted by atomic mass is 9.96. The number of carboxylic acids is 3. The number of carbonyl (C=O) groups excluding carboxylic acids is 15. The molecule has 0 fully saturated rings. The van der Waals surface area contributed by atoms with Gasteiger partial charge in [-0.05, 0) is 96.9 Å². The first-order valence-electron chi connectivity index (χ1n) is 43.5. The number of guanidine groups is 2. The Bertz CT molecular complexity index is 4640. The van der Waals surface area contributed by atoms with Gasteiger partial charge in [-0.15, -0.1) is 0 Å². The first kappa shape index (κ1) is 110. The third-order valence-electron chi connectivity index (χ3n) is 21.3. The molecule has 0 unspecified atom stereocenters. The number of nitrogens with two attached hydrogens (primary N) is 3. The molecule has 15 amide bonds. The van der Waals surface area contributed by atoms with Crippen molar-refractivity contribution < 1.29 is 107 Å². The van der Waals surface area contributed by atoms with Gasteiger partial charge in [-0.1, -0.05) is 126 Å². The van der Waals surface area contributed by atoms with Gasteiger partial charge in [0.15, 0.2) is 11.9 Å². The highest BCUT2D eigenvalue weighted by Crippen LogP contribution is 2.22. The van der Waals surface area contributed by atoms with Crippen molar-refractivity contribution >= 4 is 129 Å². The summed E-state index contributed by atoms with van der Waals surface area (Å²) in [7, 11) is 0. The van der Waals surface area contributed by atoms with Gasteiger partial charge in [0, 0.05) is 61.3 Å². The van der Waals surface area contributed by atoms with Gasteiger partial charge < -0.3 is 138 Å². The number of rotatable bonds is 58. The van der Waals surface area contributed by atoms with Gasteiger partial charge in [0.05, 0.1) is 38.3 Å². The minimum absolute atomic E-state index is 0.0533. The van der Waals surface area contributed by atoms with Crippen molar-refractivity contribution in [3.8, 4) is 5.75 Å². The Balaban J connectivity index is 1.61. The molecule has 4 rings (SSSR count). The number of phenolic OH excluding ortho intramolecular Hbond substituents is 1. The van der Waals surface area contributed by atoms with Gasteiger partial charge in [0.1, 0.15) is 84.8 Å². The van der Waals surface area contributed by atoms with Gasteiger partial charge in [0.2, 0.25) is 88.6 Å². The van der Waals surface area contributed by atoms with E-state index in [9.17, 15) is 107 Å². The first-order valence-corrected chi connectivity index (χ1v) is 43.5. The van der Waals surface area contributed by atoms with Crippen LogP contribution >= 0.6 is 0 Å². The smallest absolute Gasteiger partial charge is 0.322 e. The number of fused-ring (bicyclic) bond motifs is 1. The summed E-state index contributed by atoms with van der Waals surface area (Å²) in [5.41, 5.74) is 18.4. The Morgan fingerprint density at radius 3 is 1.26 bits per heavy atom. The molecule has 0 aliphatic rings. The van der Waals surface area contributed by atoms with Gasteiger partial charge in [0.25, 0.3) is 0 Å². The van der Waals surface area contributed by atoms with Crippen molar-refractivity contribution in [3.63, 3.8) is 0 Å². The zero-order chi connectivity index (χ0) is 98.9. The number of carbonyl (C=O) groups is 18. The van der Waals surface area contributed by atoms with Crippen LogP contribution in [0.2, 0.25) is 0 Å². The molecule has 2 heterocycles. The van der Waals surface area contributed by atoms with Gasteiger partial charge in [-0.25, -0.2) is 4.98 Å². The van der Waals surface area contributed by atoms with Crippen LogP contribution in [0.3, 0.4) is 0 Å². The summed E-state index contributed by atoms with van der Waals surface area (Å²) in [5.74, 6) is -24.1. The Labute approximate surface area is 763 Å². The molecule has 31 N–H and O–H groups in total. The lowest BCUT2D eigenvalue weighted by Gasteiger charge is -2.30. The van der Waals surface area contributed by atoms with Crippen LogP contribution in [0.1, 0.15) is 158 Å². The Morgan fingerprint density at radius 1 is 0.409 bits per heavy atom. The molecule has 47 nitrogen and oxygen atoms in total. The standard InChI is InChI=1S/C85H131N25O22/c1-13-45(11)69(82(131)100-54(21-17-27-92-84(87)88)72(121)97-39-65(118)119)109-76(125)56(30-47-23-25-50(111)26-24-47)102-79(128)66(42(5)6)106-62(113)38-96-73(122)59(33-63(114)115)101-75(124)57(31-48-35-94-53-20-16-15-19-51(48)53)103-80(129)68(44(9)10)108-77(126)58(32-49-36-91-40-98-49)104-83(132)70(46(12)14-2)110-78(127)60(34-64(116)117)105-81(130)67(43(7)8)107-74(123)55(22-18-28-93-85(89)90)99-61(112)37-95-71(120)52(86)29-41(3)4/h15-16,19-20,23-26,35-36,40-46,52,54-60,66-70,94,111H,13-14,17-18,21-22,27-34,37-39,86H2,1-12H3,(H,91,98)(H,95,120)(H,96,122)(H,97,121)(H,99,112)(H,100,131)(H,101,124)(H,102,128)(H,103,129)(H,104,132)(H,105,130)(H,106,113)(H,107,123)(H,108,126)(H,109,125)(H,110,127)(H,114,115)(H,116,117)(H,118,119)(H4,87,88,92)(H4,89,90,93)/t45-,46-,52-,54-,55-,56-,57-,58-,59-,60-,66-,67-,68-,69-,70-/m0/s1. The molecule has 2 aromatic carbocycles. The predicted octanol–water partition coefficient (Wildman–Crippen LogP) is -4.22. The van der Waals surface area contributed by atoms with Gasteiger partial charge >= 0.3 is 17.9 Å². The molecule has 47 heteroatoms. The van der Waals surface area contributed by atoms with Crippen LogP contribution in [0.15, 0.2) is 67.3 Å². The second kappa shape index (κ2) is 55.1. The lowest BCUT2D eigenvalue weighted by Crippen LogP contribution is -2.62. The van der Waals surface area contributed by atoms with Crippen LogP contribution in [-0.4, -0.2) is 265 Å². The number of H-pyrrole nitrogens is 2. The highest BCUT2D eigenvalue weighted by molar-refractivity contribution is 6.02. The topological polar surface area (TPSA) is 763 Å². The lowest BCUT2D eigenvalue weighted by molar-refractivity contribution is -0.142. The third kappa shape index (κ3) is 38.3. The number of amides is 15. The van der Waals surface area contributed by atoms with Gasteiger partial charge in [-0.2, -0.15) is 0 Å². The van der Waals surface area contributed by atoms with Crippen LogP contribution < -0.4 is 108 Å². The van der Waals surface area contributed by atoms with Crippen molar-refractivity contribution in [2.24, 2.45) is 52.7 Å². The van der Waals surface area contributed by atoms with Crippen molar-refractivity contribution in [1.29, 1.82) is 10.8 Å². The van der Waals surface area contributed by atoms with E-state index in [1.165, 1.54) is 84.5 Å².